The van der Waals surface area contributed by atoms with Gasteiger partial charge < -0.3 is 9.30 Å². The maximum atomic E-state index is 14.3. The van der Waals surface area contributed by atoms with E-state index >= 15 is 0 Å². The highest BCUT2D eigenvalue weighted by Crippen LogP contribution is 2.22. The highest BCUT2D eigenvalue weighted by atomic mass is 32.1. The number of aromatic nitrogens is 1. The summed E-state index contributed by atoms with van der Waals surface area (Å²) in [6.07, 6.45) is 0. The Kier molecular flexibility index (Phi) is 5.78. The normalized spacial score (nSPS) is 11.6. The molecule has 0 aliphatic carbocycles. The van der Waals surface area contributed by atoms with Crippen LogP contribution >= 0.6 is 11.3 Å². The first-order chi connectivity index (χ1) is 13.8. The number of halogens is 2. The minimum Gasteiger partial charge on any atom is -0.465 e. The van der Waals surface area contributed by atoms with Crippen LogP contribution in [0.15, 0.2) is 41.4 Å². The fourth-order valence-corrected chi connectivity index (χ4v) is 3.64. The Morgan fingerprint density at radius 2 is 1.93 bits per heavy atom. The van der Waals surface area contributed by atoms with E-state index in [0.29, 0.717) is 6.07 Å². The lowest BCUT2D eigenvalue weighted by molar-refractivity contribution is -0.384. The molecule has 0 bridgehead atoms. The van der Waals surface area contributed by atoms with E-state index in [1.54, 1.807) is 6.92 Å². The number of rotatable bonds is 5. The highest BCUT2D eigenvalue weighted by molar-refractivity contribution is 7.16. The summed E-state index contributed by atoms with van der Waals surface area (Å²) in [6.45, 7) is 1.28. The minimum atomic E-state index is -0.912. The van der Waals surface area contributed by atoms with E-state index in [1.165, 1.54) is 12.1 Å². The molecule has 3 aromatic rings. The van der Waals surface area contributed by atoms with Gasteiger partial charge in [0.25, 0.3) is 11.6 Å². The monoisotopic (exact) mass is 421 g/mol. The van der Waals surface area contributed by atoms with Crippen molar-refractivity contribution in [1.29, 1.82) is 0 Å². The van der Waals surface area contributed by atoms with Crippen molar-refractivity contribution >= 4 is 39.1 Å². The molecule has 2 aromatic carbocycles. The molecule has 0 atom stereocenters. The minimum absolute atomic E-state index is 0.0408. The van der Waals surface area contributed by atoms with Crippen molar-refractivity contribution < 1.29 is 28.0 Å². The van der Waals surface area contributed by atoms with Crippen LogP contribution in [0.25, 0.3) is 10.2 Å². The van der Waals surface area contributed by atoms with Gasteiger partial charge in [0, 0.05) is 23.8 Å². The average Bonchev–Trinajstić information content (AvgIpc) is 2.98. The zero-order valence-electron chi connectivity index (χ0n) is 14.9. The zero-order chi connectivity index (χ0) is 21.1. The summed E-state index contributed by atoms with van der Waals surface area (Å²) in [5.74, 6) is -3.16. The van der Waals surface area contributed by atoms with Crippen LogP contribution in [0.1, 0.15) is 17.3 Å². The second-order valence-corrected chi connectivity index (χ2v) is 6.74. The van der Waals surface area contributed by atoms with Crippen molar-refractivity contribution in [2.45, 2.75) is 13.5 Å². The molecule has 0 radical (unpaired) electrons. The van der Waals surface area contributed by atoms with Gasteiger partial charge in [0.15, 0.2) is 10.6 Å². The van der Waals surface area contributed by atoms with Crippen LogP contribution in [0.4, 0.5) is 14.5 Å². The van der Waals surface area contributed by atoms with E-state index in [9.17, 15) is 28.5 Å². The first kappa shape index (κ1) is 20.3. The van der Waals surface area contributed by atoms with Crippen LogP contribution in [0.2, 0.25) is 0 Å². The topological polar surface area (TPSA) is 104 Å². The molecule has 3 rings (SSSR count). The van der Waals surface area contributed by atoms with Gasteiger partial charge in [-0.1, -0.05) is 11.3 Å². The number of carbonyl (C=O) groups is 2. The number of carbonyl (C=O) groups excluding carboxylic acids is 2. The molecule has 0 unspecified atom stereocenters. The number of fused-ring (bicyclic) bond motifs is 1. The Bertz CT molecular complexity index is 1180. The second-order valence-electron chi connectivity index (χ2n) is 5.73. The zero-order valence-corrected chi connectivity index (χ0v) is 15.7. The first-order valence-electron chi connectivity index (χ1n) is 8.27. The number of non-ortho nitro benzene ring substituents is 1. The molecule has 29 heavy (non-hydrogen) atoms. The van der Waals surface area contributed by atoms with E-state index in [-0.39, 0.29) is 32.9 Å². The van der Waals surface area contributed by atoms with Crippen LogP contribution in [-0.2, 0) is 16.1 Å². The van der Waals surface area contributed by atoms with Gasteiger partial charge in [-0.3, -0.25) is 19.7 Å². The number of ether oxygens (including phenoxy) is 1. The Labute approximate surface area is 165 Å². The summed E-state index contributed by atoms with van der Waals surface area (Å²) >= 11 is 0.823. The molecule has 0 spiro atoms. The van der Waals surface area contributed by atoms with Crippen LogP contribution in [0.5, 0.6) is 0 Å². The van der Waals surface area contributed by atoms with Crippen molar-refractivity contribution in [2.75, 3.05) is 6.61 Å². The lowest BCUT2D eigenvalue weighted by Crippen LogP contribution is -2.23. The van der Waals surface area contributed by atoms with E-state index in [4.69, 9.17) is 4.74 Å². The number of nitro benzene ring substituents is 1. The smallest absolute Gasteiger partial charge is 0.326 e. The molecule has 1 heterocycles. The van der Waals surface area contributed by atoms with Gasteiger partial charge in [-0.05, 0) is 25.1 Å². The predicted octanol–water partition coefficient (Wildman–Crippen LogP) is 3.19. The van der Waals surface area contributed by atoms with Gasteiger partial charge in [0.2, 0.25) is 0 Å². The third-order valence-corrected chi connectivity index (χ3v) is 4.84. The summed E-state index contributed by atoms with van der Waals surface area (Å²) in [6, 6.07) is 6.49. The summed E-state index contributed by atoms with van der Waals surface area (Å²) < 4.78 is 34.1. The molecule has 0 aliphatic rings. The molecule has 1 aromatic heterocycles. The van der Waals surface area contributed by atoms with Gasteiger partial charge in [0.1, 0.15) is 12.4 Å². The van der Waals surface area contributed by atoms with Crippen LogP contribution in [0.3, 0.4) is 0 Å². The van der Waals surface area contributed by atoms with Crippen molar-refractivity contribution in [2.24, 2.45) is 4.99 Å². The SMILES string of the molecule is CCOC(=O)Cn1c(=NC(=O)c2ccc([N+](=O)[O-])cc2)sc2cc(F)cc(F)c21. The Morgan fingerprint density at radius 1 is 1.24 bits per heavy atom. The second kappa shape index (κ2) is 8.27. The van der Waals surface area contributed by atoms with E-state index < -0.39 is 35.0 Å². The van der Waals surface area contributed by atoms with E-state index in [0.717, 1.165) is 34.1 Å². The third-order valence-electron chi connectivity index (χ3n) is 3.81. The summed E-state index contributed by atoms with van der Waals surface area (Å²) in [5, 5.41) is 10.7. The molecule has 0 saturated heterocycles. The Balaban J connectivity index is 2.11. The lowest BCUT2D eigenvalue weighted by Gasteiger charge is -2.05. The van der Waals surface area contributed by atoms with Crippen molar-refractivity contribution in [3.63, 3.8) is 0 Å². The number of hydrogen-bond acceptors (Lipinski definition) is 6. The van der Waals surface area contributed by atoms with Crippen molar-refractivity contribution in [3.05, 3.63) is 68.5 Å². The number of thiazole rings is 1. The summed E-state index contributed by atoms with van der Waals surface area (Å²) in [7, 11) is 0. The molecular formula is C18H13F2N3O5S. The standard InChI is InChI=1S/C18H13F2N3O5S/c1-2-28-15(24)9-22-16-13(20)7-11(19)8-14(16)29-18(22)21-17(25)10-3-5-12(6-4-10)23(26)27/h3-8H,2,9H2,1H3. The maximum Gasteiger partial charge on any atom is 0.326 e. The van der Waals surface area contributed by atoms with Crippen LogP contribution in [0, 0.1) is 21.7 Å². The largest absolute Gasteiger partial charge is 0.465 e. The number of nitrogens with zero attached hydrogens (tertiary/aromatic N) is 3. The number of nitro groups is 1. The molecule has 0 fully saturated rings. The molecule has 0 N–H and O–H groups in total. The number of amides is 1. The van der Waals surface area contributed by atoms with E-state index in [1.807, 2.05) is 0 Å². The summed E-state index contributed by atoms with van der Waals surface area (Å²) in [5.41, 5.74) is -0.222. The molecule has 0 saturated carbocycles. The third kappa shape index (κ3) is 4.35. The fourth-order valence-electron chi connectivity index (χ4n) is 2.57. The molecular weight excluding hydrogens is 408 g/mol. The molecule has 0 aliphatic heterocycles. The molecule has 1 amide bonds. The van der Waals surface area contributed by atoms with Crippen LogP contribution < -0.4 is 4.80 Å². The highest BCUT2D eigenvalue weighted by Gasteiger charge is 2.17. The number of esters is 1. The molecule has 8 nitrogen and oxygen atoms in total. The maximum absolute atomic E-state index is 14.3. The number of hydrogen-bond donors (Lipinski definition) is 0. The van der Waals surface area contributed by atoms with Gasteiger partial charge >= 0.3 is 5.97 Å². The Morgan fingerprint density at radius 3 is 2.55 bits per heavy atom. The Hall–Kier alpha value is -3.47. The molecule has 11 heteroatoms. The quantitative estimate of drug-likeness (QED) is 0.358. The predicted molar refractivity (Wildman–Crippen MR) is 99.4 cm³/mol. The summed E-state index contributed by atoms with van der Waals surface area (Å²) in [4.78, 5) is 38.3. The van der Waals surface area contributed by atoms with Gasteiger partial charge in [-0.2, -0.15) is 4.99 Å². The van der Waals surface area contributed by atoms with Gasteiger partial charge in [-0.15, -0.1) is 0 Å². The van der Waals surface area contributed by atoms with Crippen molar-refractivity contribution in [3.8, 4) is 0 Å². The lowest BCUT2D eigenvalue weighted by atomic mass is 10.2. The fraction of sp³-hybridized carbons (Fsp3) is 0.167. The molecule has 150 valence electrons. The first-order valence-corrected chi connectivity index (χ1v) is 9.09. The van der Waals surface area contributed by atoms with E-state index in [2.05, 4.69) is 4.99 Å². The number of benzene rings is 2. The van der Waals surface area contributed by atoms with Gasteiger partial charge in [0.05, 0.1) is 21.7 Å². The van der Waals surface area contributed by atoms with Gasteiger partial charge in [-0.25, -0.2) is 8.78 Å². The van der Waals surface area contributed by atoms with Crippen LogP contribution in [-0.4, -0.2) is 28.0 Å². The average molecular weight is 421 g/mol. The van der Waals surface area contributed by atoms with Crippen molar-refractivity contribution in [1.82, 2.24) is 4.57 Å².